The second-order valence-corrected chi connectivity index (χ2v) is 5.27. The van der Waals surface area contributed by atoms with Gasteiger partial charge in [0.15, 0.2) is 0 Å². The van der Waals surface area contributed by atoms with Gasteiger partial charge in [-0.15, -0.1) is 0 Å². The van der Waals surface area contributed by atoms with Crippen molar-refractivity contribution in [3.8, 4) is 6.07 Å². The second kappa shape index (κ2) is 7.32. The first-order valence-electron chi connectivity index (χ1n) is 6.44. The maximum Gasteiger partial charge on any atom is 0.266 e. The van der Waals surface area contributed by atoms with E-state index in [-0.39, 0.29) is 11.5 Å². The molecular weight excluding hydrogens is 311 g/mol. The Morgan fingerprint density at radius 2 is 1.95 bits per heavy atom. The van der Waals surface area contributed by atoms with Crippen LogP contribution >= 0.6 is 23.2 Å². The fourth-order valence-corrected chi connectivity index (χ4v) is 2.47. The van der Waals surface area contributed by atoms with Crippen molar-refractivity contribution in [3.05, 3.63) is 40.0 Å². The summed E-state index contributed by atoms with van der Waals surface area (Å²) in [6.45, 7) is 2.64. The lowest BCUT2D eigenvalue weighted by Gasteiger charge is -2.27. The average molecular weight is 325 g/mol. The number of carbonyl (C=O) groups excluding carboxylic acids is 1. The minimum absolute atomic E-state index is 0.0212. The van der Waals surface area contributed by atoms with Crippen molar-refractivity contribution < 1.29 is 4.79 Å². The predicted octanol–water partition coefficient (Wildman–Crippen LogP) is 2.24. The maximum atomic E-state index is 12.2. The summed E-state index contributed by atoms with van der Waals surface area (Å²) in [5.41, 5.74) is 0.495. The third kappa shape index (κ3) is 3.88. The normalized spacial score (nSPS) is 15.5. The minimum atomic E-state index is -0.297. The van der Waals surface area contributed by atoms with Crippen molar-refractivity contribution in [2.45, 2.75) is 0 Å². The molecule has 1 aliphatic heterocycles. The van der Waals surface area contributed by atoms with Gasteiger partial charge in [0, 0.05) is 32.4 Å². The molecule has 0 spiro atoms. The fraction of sp³-hybridized carbons (Fsp3) is 0.286. The topological polar surface area (TPSA) is 68.2 Å². The van der Waals surface area contributed by atoms with Gasteiger partial charge in [0.05, 0.1) is 15.7 Å². The Morgan fingerprint density at radius 3 is 2.52 bits per heavy atom. The van der Waals surface area contributed by atoms with Crippen LogP contribution in [0.1, 0.15) is 0 Å². The molecule has 1 heterocycles. The van der Waals surface area contributed by atoms with Crippen molar-refractivity contribution in [2.24, 2.45) is 0 Å². The molecule has 2 N–H and O–H groups in total. The highest BCUT2D eigenvalue weighted by Gasteiger charge is 2.20. The van der Waals surface area contributed by atoms with E-state index < -0.39 is 0 Å². The van der Waals surface area contributed by atoms with Crippen LogP contribution in [0.25, 0.3) is 0 Å². The Morgan fingerprint density at radius 1 is 1.33 bits per heavy atom. The molecule has 0 unspecified atom stereocenters. The van der Waals surface area contributed by atoms with Crippen LogP contribution in [0.2, 0.25) is 10.0 Å². The zero-order valence-electron chi connectivity index (χ0n) is 11.2. The number of halogens is 2. The average Bonchev–Trinajstić information content (AvgIpc) is 2.51. The molecule has 0 atom stereocenters. The van der Waals surface area contributed by atoms with Crippen LogP contribution in [-0.2, 0) is 4.79 Å². The molecule has 0 aliphatic carbocycles. The molecule has 0 aromatic heterocycles. The highest BCUT2D eigenvalue weighted by Crippen LogP contribution is 2.29. The molecular formula is C14H14Cl2N4O. The van der Waals surface area contributed by atoms with Crippen LogP contribution in [0.4, 0.5) is 5.69 Å². The number of benzene rings is 1. The van der Waals surface area contributed by atoms with Gasteiger partial charge in [-0.1, -0.05) is 29.3 Å². The van der Waals surface area contributed by atoms with Gasteiger partial charge in [-0.05, 0) is 12.1 Å². The zero-order chi connectivity index (χ0) is 15.2. The van der Waals surface area contributed by atoms with Gasteiger partial charge in [-0.2, -0.15) is 5.26 Å². The van der Waals surface area contributed by atoms with Crippen molar-refractivity contribution >= 4 is 34.8 Å². The molecule has 0 saturated carbocycles. The summed E-state index contributed by atoms with van der Waals surface area (Å²) < 4.78 is 0. The quantitative estimate of drug-likeness (QED) is 0.661. The zero-order valence-corrected chi connectivity index (χ0v) is 12.7. The summed E-state index contributed by atoms with van der Waals surface area (Å²) in [5.74, 6) is -0.297. The van der Waals surface area contributed by atoms with E-state index in [1.165, 1.54) is 6.20 Å². The van der Waals surface area contributed by atoms with Crippen LogP contribution in [0.3, 0.4) is 0 Å². The summed E-state index contributed by atoms with van der Waals surface area (Å²) in [6.07, 6.45) is 1.34. The summed E-state index contributed by atoms with van der Waals surface area (Å²) in [4.78, 5) is 13.9. The summed E-state index contributed by atoms with van der Waals surface area (Å²) in [5, 5.41) is 16.0. The standard InChI is InChI=1S/C14H14Cl2N4O/c15-11-2-1-3-12(16)13(11)19-9-10(8-17)14(21)20-6-4-18-5-7-20/h1-3,9,18-19H,4-7H2/b10-9-. The van der Waals surface area contributed by atoms with E-state index in [0.717, 1.165) is 13.1 Å². The maximum absolute atomic E-state index is 12.2. The SMILES string of the molecule is N#C/C(=C/Nc1c(Cl)cccc1Cl)C(=O)N1CCNCC1. The van der Waals surface area contributed by atoms with Crippen LogP contribution in [0, 0.1) is 11.3 Å². The highest BCUT2D eigenvalue weighted by molar-refractivity contribution is 6.39. The number of hydrogen-bond acceptors (Lipinski definition) is 4. The number of piperazine rings is 1. The first-order chi connectivity index (χ1) is 10.1. The Labute approximate surface area is 133 Å². The van der Waals surface area contributed by atoms with Gasteiger partial charge < -0.3 is 15.5 Å². The van der Waals surface area contributed by atoms with E-state index in [0.29, 0.717) is 28.8 Å². The molecule has 2 rings (SSSR count). The smallest absolute Gasteiger partial charge is 0.266 e. The Kier molecular flexibility index (Phi) is 5.45. The predicted molar refractivity (Wildman–Crippen MR) is 83.2 cm³/mol. The largest absolute Gasteiger partial charge is 0.358 e. The summed E-state index contributed by atoms with van der Waals surface area (Å²) in [7, 11) is 0. The van der Waals surface area contributed by atoms with Gasteiger partial charge in [0.1, 0.15) is 11.6 Å². The molecule has 1 amide bonds. The number of rotatable bonds is 3. The number of carbonyl (C=O) groups is 1. The Hall–Kier alpha value is -1.74. The molecule has 0 radical (unpaired) electrons. The lowest BCUT2D eigenvalue weighted by Crippen LogP contribution is -2.46. The fourth-order valence-electron chi connectivity index (χ4n) is 1.96. The monoisotopic (exact) mass is 324 g/mol. The minimum Gasteiger partial charge on any atom is -0.358 e. The molecule has 21 heavy (non-hydrogen) atoms. The van der Waals surface area contributed by atoms with Gasteiger partial charge in [0.2, 0.25) is 0 Å². The number of para-hydroxylation sites is 1. The van der Waals surface area contributed by atoms with E-state index in [1.807, 2.05) is 6.07 Å². The molecule has 1 aromatic rings. The van der Waals surface area contributed by atoms with Crippen LogP contribution in [0.15, 0.2) is 30.0 Å². The lowest BCUT2D eigenvalue weighted by atomic mass is 10.2. The van der Waals surface area contributed by atoms with Crippen molar-refractivity contribution in [2.75, 3.05) is 31.5 Å². The van der Waals surface area contributed by atoms with E-state index >= 15 is 0 Å². The molecule has 1 aliphatic rings. The van der Waals surface area contributed by atoms with Gasteiger partial charge in [-0.3, -0.25) is 4.79 Å². The van der Waals surface area contributed by atoms with E-state index in [1.54, 1.807) is 23.1 Å². The van der Waals surface area contributed by atoms with Crippen LogP contribution in [-0.4, -0.2) is 37.0 Å². The number of anilines is 1. The van der Waals surface area contributed by atoms with E-state index in [4.69, 9.17) is 28.5 Å². The lowest BCUT2D eigenvalue weighted by molar-refractivity contribution is -0.127. The van der Waals surface area contributed by atoms with Gasteiger partial charge >= 0.3 is 0 Å². The summed E-state index contributed by atoms with van der Waals surface area (Å²) in [6, 6.07) is 6.98. The van der Waals surface area contributed by atoms with Crippen LogP contribution in [0.5, 0.6) is 0 Å². The second-order valence-electron chi connectivity index (χ2n) is 4.45. The molecule has 0 bridgehead atoms. The van der Waals surface area contributed by atoms with Gasteiger partial charge in [-0.25, -0.2) is 0 Å². The number of hydrogen-bond donors (Lipinski definition) is 2. The Bertz CT molecular complexity index is 583. The van der Waals surface area contributed by atoms with E-state index in [2.05, 4.69) is 10.6 Å². The van der Waals surface area contributed by atoms with Gasteiger partial charge in [0.25, 0.3) is 5.91 Å². The van der Waals surface area contributed by atoms with Crippen molar-refractivity contribution in [1.82, 2.24) is 10.2 Å². The molecule has 110 valence electrons. The molecule has 7 heteroatoms. The highest BCUT2D eigenvalue weighted by atomic mass is 35.5. The Balaban J connectivity index is 2.14. The number of nitrogens with one attached hydrogen (secondary N) is 2. The number of nitrogens with zero attached hydrogens (tertiary/aromatic N) is 2. The van der Waals surface area contributed by atoms with E-state index in [9.17, 15) is 4.79 Å². The molecule has 1 aromatic carbocycles. The third-order valence-electron chi connectivity index (χ3n) is 3.08. The van der Waals surface area contributed by atoms with Crippen LogP contribution < -0.4 is 10.6 Å². The summed E-state index contributed by atoms with van der Waals surface area (Å²) >= 11 is 12.0. The molecule has 5 nitrogen and oxygen atoms in total. The number of amides is 1. The molecule has 1 saturated heterocycles. The first kappa shape index (κ1) is 15.6. The number of nitriles is 1. The third-order valence-corrected chi connectivity index (χ3v) is 3.71. The van der Waals surface area contributed by atoms with Crippen molar-refractivity contribution in [1.29, 1.82) is 5.26 Å². The van der Waals surface area contributed by atoms with Crippen molar-refractivity contribution in [3.63, 3.8) is 0 Å². The first-order valence-corrected chi connectivity index (χ1v) is 7.20. The molecule has 1 fully saturated rings.